The minimum absolute atomic E-state index is 0.0150. The molecule has 0 spiro atoms. The molecule has 0 unspecified atom stereocenters. The monoisotopic (exact) mass is 329 g/mol. The first-order valence-corrected chi connectivity index (χ1v) is 8.73. The second kappa shape index (κ2) is 7.92. The van der Waals surface area contributed by atoms with Crippen LogP contribution in [0.3, 0.4) is 0 Å². The van der Waals surface area contributed by atoms with Gasteiger partial charge in [-0.15, -0.1) is 0 Å². The molecule has 1 aromatic heterocycles. The van der Waals surface area contributed by atoms with Crippen LogP contribution < -0.4 is 0 Å². The number of hydrogen-bond acceptors (Lipinski definition) is 4. The van der Waals surface area contributed by atoms with Crippen LogP contribution in [-0.4, -0.2) is 57.0 Å². The van der Waals surface area contributed by atoms with Crippen LogP contribution in [0.2, 0.25) is 0 Å². The molecule has 0 radical (unpaired) electrons. The smallest absolute Gasteiger partial charge is 0.0945 e. The quantitative estimate of drug-likeness (QED) is 0.809. The van der Waals surface area contributed by atoms with Crippen LogP contribution in [0, 0.1) is 5.41 Å². The van der Waals surface area contributed by atoms with Crippen LogP contribution in [-0.2, 0) is 13.0 Å². The molecule has 5 nitrogen and oxygen atoms in total. The lowest BCUT2D eigenvalue weighted by Gasteiger charge is -2.45. The highest BCUT2D eigenvalue weighted by Crippen LogP contribution is 2.34. The van der Waals surface area contributed by atoms with Crippen LogP contribution in [0.15, 0.2) is 49.1 Å². The van der Waals surface area contributed by atoms with Gasteiger partial charge in [-0.2, -0.15) is 0 Å². The summed E-state index contributed by atoms with van der Waals surface area (Å²) in [6.07, 6.45) is 7.64. The Morgan fingerprint density at radius 2 is 2.04 bits per heavy atom. The number of aliphatic hydroxyl groups excluding tert-OH is 2. The van der Waals surface area contributed by atoms with E-state index >= 15 is 0 Å². The summed E-state index contributed by atoms with van der Waals surface area (Å²) in [7, 11) is 0. The Labute approximate surface area is 143 Å². The highest BCUT2D eigenvalue weighted by atomic mass is 16.3. The van der Waals surface area contributed by atoms with Crippen molar-refractivity contribution in [2.75, 3.05) is 26.2 Å². The fourth-order valence-corrected chi connectivity index (χ4v) is 3.71. The Balaban J connectivity index is 1.60. The summed E-state index contributed by atoms with van der Waals surface area (Å²) in [6, 6.07) is 10.2. The van der Waals surface area contributed by atoms with E-state index in [-0.39, 0.29) is 6.61 Å². The van der Waals surface area contributed by atoms with Crippen molar-refractivity contribution in [1.29, 1.82) is 0 Å². The Kier molecular flexibility index (Phi) is 5.66. The van der Waals surface area contributed by atoms with E-state index in [1.54, 1.807) is 6.20 Å². The van der Waals surface area contributed by atoms with Gasteiger partial charge in [-0.1, -0.05) is 30.3 Å². The van der Waals surface area contributed by atoms with Gasteiger partial charge < -0.3 is 19.7 Å². The summed E-state index contributed by atoms with van der Waals surface area (Å²) in [5.74, 6) is 0. The fourth-order valence-electron chi connectivity index (χ4n) is 3.71. The molecule has 3 rings (SSSR count). The van der Waals surface area contributed by atoms with Crippen molar-refractivity contribution in [1.82, 2.24) is 14.5 Å². The highest BCUT2D eigenvalue weighted by molar-refractivity contribution is 5.18. The van der Waals surface area contributed by atoms with Gasteiger partial charge in [0.2, 0.25) is 0 Å². The van der Waals surface area contributed by atoms with Gasteiger partial charge in [-0.25, -0.2) is 4.98 Å². The lowest BCUT2D eigenvalue weighted by atomic mass is 9.73. The number of hydrogen-bond donors (Lipinski definition) is 2. The zero-order valence-corrected chi connectivity index (χ0v) is 14.1. The summed E-state index contributed by atoms with van der Waals surface area (Å²) >= 11 is 0. The molecule has 1 aliphatic heterocycles. The van der Waals surface area contributed by atoms with Crippen molar-refractivity contribution in [3.05, 3.63) is 54.6 Å². The number of rotatable bonds is 7. The standard InChI is InChI=1S/C19H27N3O2/c23-15-19(13-17-5-2-1-3-6-17)14-21(11-7-18(19)24)9-4-10-22-12-8-20-16-22/h1-3,5-6,8,12,16,18,23-24H,4,7,9-11,13-15H2/t18-,19+/m0/s1. The Morgan fingerprint density at radius 3 is 2.75 bits per heavy atom. The number of imidazole rings is 1. The number of aryl methyl sites for hydroxylation is 1. The molecular weight excluding hydrogens is 302 g/mol. The molecule has 1 aliphatic rings. The largest absolute Gasteiger partial charge is 0.396 e. The molecule has 2 atom stereocenters. The molecule has 24 heavy (non-hydrogen) atoms. The summed E-state index contributed by atoms with van der Waals surface area (Å²) in [6.45, 7) is 3.57. The molecule has 1 aromatic carbocycles. The average Bonchev–Trinajstić information content (AvgIpc) is 3.12. The second-order valence-electron chi connectivity index (χ2n) is 6.92. The van der Waals surface area contributed by atoms with Gasteiger partial charge in [0, 0.05) is 37.4 Å². The van der Waals surface area contributed by atoms with E-state index in [1.165, 1.54) is 5.56 Å². The van der Waals surface area contributed by atoms with Crippen molar-refractivity contribution < 1.29 is 10.2 Å². The van der Waals surface area contributed by atoms with E-state index in [9.17, 15) is 10.2 Å². The highest BCUT2D eigenvalue weighted by Gasteiger charge is 2.42. The summed E-state index contributed by atoms with van der Waals surface area (Å²) < 4.78 is 2.09. The van der Waals surface area contributed by atoms with Crippen molar-refractivity contribution in [2.45, 2.75) is 31.9 Å². The minimum atomic E-state index is -0.464. The van der Waals surface area contributed by atoms with Gasteiger partial charge in [0.1, 0.15) is 0 Å². The second-order valence-corrected chi connectivity index (χ2v) is 6.92. The Morgan fingerprint density at radius 1 is 1.21 bits per heavy atom. The zero-order chi connectivity index (χ0) is 16.8. The van der Waals surface area contributed by atoms with Crippen LogP contribution in [0.5, 0.6) is 0 Å². The maximum atomic E-state index is 10.6. The molecule has 0 saturated carbocycles. The molecule has 5 heteroatoms. The minimum Gasteiger partial charge on any atom is -0.396 e. The predicted molar refractivity (Wildman–Crippen MR) is 93.6 cm³/mol. The van der Waals surface area contributed by atoms with Gasteiger partial charge in [-0.3, -0.25) is 0 Å². The number of aromatic nitrogens is 2. The van der Waals surface area contributed by atoms with E-state index in [1.807, 2.05) is 30.7 Å². The van der Waals surface area contributed by atoms with E-state index in [0.717, 1.165) is 39.0 Å². The van der Waals surface area contributed by atoms with Gasteiger partial charge in [-0.05, 0) is 31.4 Å². The topological polar surface area (TPSA) is 61.5 Å². The number of nitrogens with zero attached hydrogens (tertiary/aromatic N) is 3. The average molecular weight is 329 g/mol. The third kappa shape index (κ3) is 4.04. The number of aliphatic hydroxyl groups is 2. The molecular formula is C19H27N3O2. The van der Waals surface area contributed by atoms with Gasteiger partial charge in [0.15, 0.2) is 0 Å². The molecule has 2 heterocycles. The van der Waals surface area contributed by atoms with E-state index in [0.29, 0.717) is 6.42 Å². The SMILES string of the molecule is OC[C@@]1(Cc2ccccc2)CN(CCCn2ccnc2)CC[C@@H]1O. The summed E-state index contributed by atoms with van der Waals surface area (Å²) in [4.78, 5) is 6.44. The molecule has 0 bridgehead atoms. The maximum Gasteiger partial charge on any atom is 0.0945 e. The molecule has 2 N–H and O–H groups in total. The molecule has 1 fully saturated rings. The van der Waals surface area contributed by atoms with E-state index < -0.39 is 11.5 Å². The molecule has 0 amide bonds. The molecule has 130 valence electrons. The first-order valence-electron chi connectivity index (χ1n) is 8.73. The van der Waals surface area contributed by atoms with Crippen LogP contribution in [0.25, 0.3) is 0 Å². The first-order chi connectivity index (χ1) is 11.7. The molecule has 0 aliphatic carbocycles. The van der Waals surface area contributed by atoms with Crippen LogP contribution >= 0.6 is 0 Å². The van der Waals surface area contributed by atoms with Crippen molar-refractivity contribution in [3.63, 3.8) is 0 Å². The number of benzene rings is 1. The lowest BCUT2D eigenvalue weighted by Crippen LogP contribution is -2.55. The predicted octanol–water partition coefficient (Wildman–Crippen LogP) is 1.56. The third-order valence-electron chi connectivity index (χ3n) is 5.13. The van der Waals surface area contributed by atoms with Crippen LogP contribution in [0.4, 0.5) is 0 Å². The molecule has 2 aromatic rings. The Hall–Kier alpha value is -1.69. The third-order valence-corrected chi connectivity index (χ3v) is 5.13. The number of likely N-dealkylation sites (tertiary alicyclic amines) is 1. The van der Waals surface area contributed by atoms with Crippen molar-refractivity contribution in [3.8, 4) is 0 Å². The van der Waals surface area contributed by atoms with Crippen molar-refractivity contribution in [2.24, 2.45) is 5.41 Å². The van der Waals surface area contributed by atoms with E-state index in [2.05, 4.69) is 26.6 Å². The molecule has 1 saturated heterocycles. The van der Waals surface area contributed by atoms with Gasteiger partial charge in [0.05, 0.1) is 19.0 Å². The van der Waals surface area contributed by atoms with Crippen LogP contribution in [0.1, 0.15) is 18.4 Å². The summed E-state index contributed by atoms with van der Waals surface area (Å²) in [5, 5.41) is 20.6. The van der Waals surface area contributed by atoms with Crippen molar-refractivity contribution >= 4 is 0 Å². The lowest BCUT2D eigenvalue weighted by molar-refractivity contribution is -0.0750. The van der Waals surface area contributed by atoms with Gasteiger partial charge in [0.25, 0.3) is 0 Å². The normalized spacial score (nSPS) is 25.0. The Bertz CT molecular complexity index is 602. The van der Waals surface area contributed by atoms with Gasteiger partial charge >= 0.3 is 0 Å². The maximum absolute atomic E-state index is 10.6. The number of piperidine rings is 1. The fraction of sp³-hybridized carbons (Fsp3) is 0.526. The zero-order valence-electron chi connectivity index (χ0n) is 14.1. The summed E-state index contributed by atoms with van der Waals surface area (Å²) in [5.41, 5.74) is 0.708. The van der Waals surface area contributed by atoms with E-state index in [4.69, 9.17) is 0 Å². The first kappa shape index (κ1) is 17.1.